The fourth-order valence-corrected chi connectivity index (χ4v) is 4.94. The Morgan fingerprint density at radius 1 is 1.19 bits per heavy atom. The summed E-state index contributed by atoms with van der Waals surface area (Å²) in [4.78, 5) is 33.8. The van der Waals surface area contributed by atoms with Gasteiger partial charge in [0, 0.05) is 41.8 Å². The van der Waals surface area contributed by atoms with Crippen LogP contribution < -0.4 is 15.5 Å². The number of rotatable bonds is 10. The molecule has 1 aliphatic heterocycles. The summed E-state index contributed by atoms with van der Waals surface area (Å²) in [6.07, 6.45) is 0.970. The predicted octanol–water partition coefficient (Wildman–Crippen LogP) is 2.61. The molecule has 2 atom stereocenters. The zero-order valence-electron chi connectivity index (χ0n) is 21.6. The zero-order chi connectivity index (χ0) is 26.4. The molecule has 0 aliphatic carbocycles. The number of pyridine rings is 1. The molecule has 0 spiro atoms. The van der Waals surface area contributed by atoms with Gasteiger partial charge in [0.2, 0.25) is 0 Å². The first-order valence-electron chi connectivity index (χ1n) is 12.5. The number of nitrogens with one attached hydrogen (secondary N) is 2. The fraction of sp³-hybridized carbons (Fsp3) is 0.393. The molecule has 9 heteroatoms. The molecule has 1 unspecified atom stereocenters. The average Bonchev–Trinajstić information content (AvgIpc) is 3.34. The summed E-state index contributed by atoms with van der Waals surface area (Å²) in [5.74, 6) is 0.286. The van der Waals surface area contributed by atoms with Crippen LogP contribution in [0.15, 0.2) is 54.6 Å². The first-order chi connectivity index (χ1) is 17.8. The van der Waals surface area contributed by atoms with Crippen molar-refractivity contribution < 1.29 is 19.5 Å². The number of hydroxylamine groups is 1. The Morgan fingerprint density at radius 2 is 1.95 bits per heavy atom. The maximum atomic E-state index is 12.8. The van der Waals surface area contributed by atoms with E-state index in [4.69, 9.17) is 4.74 Å². The van der Waals surface area contributed by atoms with E-state index in [0.29, 0.717) is 23.8 Å². The SMILES string of the molecule is Cc1cc(COc2ccc(C(=O)NC[C@@H](C(=O)NO)N3CCC(CN(C)C)C3)cc2)c2ccccc2n1. The van der Waals surface area contributed by atoms with E-state index in [1.807, 2.05) is 56.3 Å². The van der Waals surface area contributed by atoms with Crippen LogP contribution in [0.4, 0.5) is 0 Å². The lowest BCUT2D eigenvalue weighted by Gasteiger charge is -2.26. The summed E-state index contributed by atoms with van der Waals surface area (Å²) in [6, 6.07) is 16.3. The first-order valence-corrected chi connectivity index (χ1v) is 12.5. The lowest BCUT2D eigenvalue weighted by molar-refractivity contribution is -0.134. The van der Waals surface area contributed by atoms with Crippen molar-refractivity contribution in [3.63, 3.8) is 0 Å². The van der Waals surface area contributed by atoms with Crippen molar-refractivity contribution in [2.75, 3.05) is 40.3 Å². The standard InChI is InChI=1S/C28H35N5O4/c1-19-14-22(24-6-4-5-7-25(24)30-19)18-37-23-10-8-21(9-11-23)27(34)29-15-26(28(35)31-36)33-13-12-20(17-33)16-32(2)3/h4-11,14,20,26,36H,12-13,15-18H2,1-3H3,(H,29,34)(H,31,35)/t20?,26-/m0/s1. The van der Waals surface area contributed by atoms with Crippen molar-refractivity contribution in [1.82, 2.24) is 25.6 Å². The van der Waals surface area contributed by atoms with E-state index in [1.54, 1.807) is 29.7 Å². The van der Waals surface area contributed by atoms with Gasteiger partial charge in [0.1, 0.15) is 18.4 Å². The maximum Gasteiger partial charge on any atom is 0.262 e. The number of likely N-dealkylation sites (tertiary alicyclic amines) is 1. The number of carbonyl (C=O) groups excluding carboxylic acids is 2. The highest BCUT2D eigenvalue weighted by molar-refractivity contribution is 5.94. The van der Waals surface area contributed by atoms with E-state index in [0.717, 1.165) is 48.2 Å². The van der Waals surface area contributed by atoms with Crippen LogP contribution in [0.25, 0.3) is 10.9 Å². The molecule has 1 saturated heterocycles. The number of para-hydroxylation sites is 1. The molecule has 2 aromatic carbocycles. The predicted molar refractivity (Wildman–Crippen MR) is 142 cm³/mol. The van der Waals surface area contributed by atoms with Crippen LogP contribution >= 0.6 is 0 Å². The molecule has 3 aromatic rings. The Balaban J connectivity index is 1.34. The van der Waals surface area contributed by atoms with Gasteiger partial charge in [-0.15, -0.1) is 0 Å². The van der Waals surface area contributed by atoms with E-state index < -0.39 is 11.9 Å². The second kappa shape index (κ2) is 12.1. The second-order valence-corrected chi connectivity index (χ2v) is 9.87. The third-order valence-electron chi connectivity index (χ3n) is 6.69. The molecule has 1 fully saturated rings. The highest BCUT2D eigenvalue weighted by Crippen LogP contribution is 2.22. The van der Waals surface area contributed by atoms with Crippen LogP contribution in [0.2, 0.25) is 0 Å². The van der Waals surface area contributed by atoms with E-state index in [2.05, 4.69) is 15.2 Å². The zero-order valence-corrected chi connectivity index (χ0v) is 21.6. The smallest absolute Gasteiger partial charge is 0.262 e. The van der Waals surface area contributed by atoms with E-state index in [9.17, 15) is 14.8 Å². The second-order valence-electron chi connectivity index (χ2n) is 9.87. The van der Waals surface area contributed by atoms with Gasteiger partial charge in [0.25, 0.3) is 11.8 Å². The van der Waals surface area contributed by atoms with Gasteiger partial charge in [-0.3, -0.25) is 24.7 Å². The minimum absolute atomic E-state index is 0.104. The van der Waals surface area contributed by atoms with Crippen LogP contribution in [0.5, 0.6) is 5.75 Å². The van der Waals surface area contributed by atoms with Gasteiger partial charge in [-0.2, -0.15) is 0 Å². The summed E-state index contributed by atoms with van der Waals surface area (Å²) in [6.45, 7) is 4.87. The molecule has 4 rings (SSSR count). The summed E-state index contributed by atoms with van der Waals surface area (Å²) in [5.41, 5.74) is 5.13. The quantitative estimate of drug-likeness (QED) is 0.287. The number of carbonyl (C=O) groups is 2. The third kappa shape index (κ3) is 6.82. The van der Waals surface area contributed by atoms with Crippen LogP contribution in [-0.2, 0) is 11.4 Å². The van der Waals surface area contributed by atoms with Gasteiger partial charge in [-0.1, -0.05) is 18.2 Å². The molecular weight excluding hydrogens is 470 g/mol. The fourth-order valence-electron chi connectivity index (χ4n) is 4.94. The molecule has 0 bridgehead atoms. The number of hydrogen-bond donors (Lipinski definition) is 3. The normalized spacial score (nSPS) is 16.6. The number of fused-ring (bicyclic) bond motifs is 1. The van der Waals surface area contributed by atoms with Crippen molar-refractivity contribution in [3.05, 3.63) is 71.4 Å². The summed E-state index contributed by atoms with van der Waals surface area (Å²) in [7, 11) is 4.05. The Hall–Kier alpha value is -3.53. The minimum atomic E-state index is -0.637. The molecule has 9 nitrogen and oxygen atoms in total. The molecule has 0 radical (unpaired) electrons. The molecule has 0 saturated carbocycles. The topological polar surface area (TPSA) is 107 Å². The lowest BCUT2D eigenvalue weighted by Crippen LogP contribution is -2.51. The molecule has 1 aromatic heterocycles. The van der Waals surface area contributed by atoms with Gasteiger partial charge in [-0.05, 0) is 76.3 Å². The van der Waals surface area contributed by atoms with Crippen LogP contribution in [-0.4, -0.2) is 78.1 Å². The van der Waals surface area contributed by atoms with Crippen molar-refractivity contribution >= 4 is 22.7 Å². The molecule has 3 N–H and O–H groups in total. The average molecular weight is 506 g/mol. The largest absolute Gasteiger partial charge is 0.489 e. The molecule has 2 amide bonds. The molecule has 1 aliphatic rings. The number of aryl methyl sites for hydroxylation is 1. The third-order valence-corrected chi connectivity index (χ3v) is 6.69. The van der Waals surface area contributed by atoms with E-state index in [1.165, 1.54) is 0 Å². The van der Waals surface area contributed by atoms with E-state index in [-0.39, 0.29) is 12.5 Å². The van der Waals surface area contributed by atoms with Crippen molar-refractivity contribution in [1.29, 1.82) is 0 Å². The minimum Gasteiger partial charge on any atom is -0.489 e. The Bertz CT molecular complexity index is 1230. The van der Waals surface area contributed by atoms with Gasteiger partial charge >= 0.3 is 0 Å². The Labute approximate surface area is 217 Å². The Morgan fingerprint density at radius 3 is 2.68 bits per heavy atom. The lowest BCUT2D eigenvalue weighted by atomic mass is 10.1. The molecule has 196 valence electrons. The van der Waals surface area contributed by atoms with Gasteiger partial charge < -0.3 is 15.0 Å². The van der Waals surface area contributed by atoms with Crippen LogP contribution in [0.1, 0.15) is 28.0 Å². The molecule has 2 heterocycles. The van der Waals surface area contributed by atoms with Crippen molar-refractivity contribution in [2.45, 2.75) is 26.0 Å². The number of ether oxygens (including phenoxy) is 1. The molecular formula is C28H35N5O4. The van der Waals surface area contributed by atoms with Gasteiger partial charge in [0.05, 0.1) is 5.52 Å². The van der Waals surface area contributed by atoms with Crippen LogP contribution in [0.3, 0.4) is 0 Å². The highest BCUT2D eigenvalue weighted by Gasteiger charge is 2.32. The van der Waals surface area contributed by atoms with Crippen molar-refractivity contribution in [3.8, 4) is 5.75 Å². The van der Waals surface area contributed by atoms with Gasteiger partial charge in [-0.25, -0.2) is 5.48 Å². The summed E-state index contributed by atoms with van der Waals surface area (Å²) in [5, 5.41) is 13.1. The van der Waals surface area contributed by atoms with Crippen molar-refractivity contribution in [2.24, 2.45) is 5.92 Å². The highest BCUT2D eigenvalue weighted by atomic mass is 16.5. The maximum absolute atomic E-state index is 12.8. The summed E-state index contributed by atoms with van der Waals surface area (Å²) < 4.78 is 5.99. The number of benzene rings is 2. The monoisotopic (exact) mass is 505 g/mol. The Kier molecular flexibility index (Phi) is 8.70. The number of amides is 2. The van der Waals surface area contributed by atoms with E-state index >= 15 is 0 Å². The number of hydrogen-bond acceptors (Lipinski definition) is 7. The first kappa shape index (κ1) is 26.5. The van der Waals surface area contributed by atoms with Gasteiger partial charge in [0.15, 0.2) is 0 Å². The number of aromatic nitrogens is 1. The molecule has 37 heavy (non-hydrogen) atoms. The van der Waals surface area contributed by atoms with Crippen LogP contribution in [0, 0.1) is 12.8 Å². The number of nitrogens with zero attached hydrogens (tertiary/aromatic N) is 3. The summed E-state index contributed by atoms with van der Waals surface area (Å²) >= 11 is 0.